The molecule has 1 aliphatic rings. The van der Waals surface area contributed by atoms with Gasteiger partial charge in [-0.05, 0) is 32.0 Å². The molecule has 1 aromatic heterocycles. The van der Waals surface area contributed by atoms with Gasteiger partial charge in [-0.2, -0.15) is 0 Å². The van der Waals surface area contributed by atoms with Crippen LogP contribution in [0.25, 0.3) is 0 Å². The van der Waals surface area contributed by atoms with Crippen LogP contribution in [0.2, 0.25) is 0 Å². The van der Waals surface area contributed by atoms with E-state index in [-0.39, 0.29) is 5.91 Å². The Balaban J connectivity index is 1.78. The van der Waals surface area contributed by atoms with E-state index in [0.29, 0.717) is 5.13 Å². The van der Waals surface area contributed by atoms with E-state index in [2.05, 4.69) is 22.1 Å². The molecule has 4 nitrogen and oxygen atoms in total. The molecule has 1 aromatic carbocycles. The molecule has 0 spiro atoms. The van der Waals surface area contributed by atoms with Gasteiger partial charge in [-0.15, -0.1) is 11.3 Å². The van der Waals surface area contributed by atoms with Gasteiger partial charge in [0, 0.05) is 30.0 Å². The van der Waals surface area contributed by atoms with E-state index in [1.54, 1.807) is 11.3 Å². The average molecular weight is 315 g/mol. The number of hydrogen-bond donors (Lipinski definition) is 1. The van der Waals surface area contributed by atoms with Crippen molar-refractivity contribution >= 4 is 22.4 Å². The summed E-state index contributed by atoms with van der Waals surface area (Å²) in [6, 6.07) is 5.93. The molecule has 0 saturated carbocycles. The maximum absolute atomic E-state index is 12.5. The Hall–Kier alpha value is -1.72. The van der Waals surface area contributed by atoms with Crippen LogP contribution in [0.4, 0.5) is 5.13 Å². The van der Waals surface area contributed by atoms with Crippen molar-refractivity contribution in [2.24, 2.45) is 0 Å². The van der Waals surface area contributed by atoms with Gasteiger partial charge in [0.15, 0.2) is 5.13 Å². The lowest BCUT2D eigenvalue weighted by Crippen LogP contribution is -2.29. The zero-order valence-electron chi connectivity index (χ0n) is 13.3. The third-order valence-corrected chi connectivity index (χ3v) is 5.11. The van der Waals surface area contributed by atoms with Crippen LogP contribution < -0.4 is 5.32 Å². The summed E-state index contributed by atoms with van der Waals surface area (Å²) in [7, 11) is 0. The summed E-state index contributed by atoms with van der Waals surface area (Å²) in [5.41, 5.74) is 3.95. The van der Waals surface area contributed by atoms with Gasteiger partial charge in [0.05, 0.1) is 5.69 Å². The van der Waals surface area contributed by atoms with Crippen LogP contribution in [0, 0.1) is 13.8 Å². The van der Waals surface area contributed by atoms with E-state index in [0.717, 1.165) is 48.4 Å². The van der Waals surface area contributed by atoms with Gasteiger partial charge < -0.3 is 0 Å². The molecule has 1 aliphatic heterocycles. The number of carbonyl (C=O) groups is 1. The molecule has 0 radical (unpaired) electrons. The lowest BCUT2D eigenvalue weighted by Gasteiger charge is -2.23. The Kier molecular flexibility index (Phi) is 4.27. The number of thiazole rings is 1. The number of nitrogens with zero attached hydrogens (tertiary/aromatic N) is 2. The van der Waals surface area contributed by atoms with Crippen molar-refractivity contribution in [2.75, 3.05) is 18.4 Å². The number of hydrogen-bond acceptors (Lipinski definition) is 4. The summed E-state index contributed by atoms with van der Waals surface area (Å²) in [6.45, 7) is 9.19. The first-order chi connectivity index (χ1) is 10.6. The monoisotopic (exact) mass is 315 g/mol. The quantitative estimate of drug-likeness (QED) is 0.944. The van der Waals surface area contributed by atoms with E-state index >= 15 is 0 Å². The minimum Gasteiger partial charge on any atom is -0.298 e. The fraction of sp³-hybridized carbons (Fsp3) is 0.412. The van der Waals surface area contributed by atoms with Crippen molar-refractivity contribution in [3.05, 3.63) is 45.5 Å². The standard InChI is InChI=1S/C17H21N3OS/c1-4-20-8-7-14-15(10-20)22-17(18-14)19-16(21)13-9-11(2)5-6-12(13)3/h5-6,9H,4,7-8,10H2,1-3H3,(H,18,19,21). The fourth-order valence-electron chi connectivity index (χ4n) is 2.72. The van der Waals surface area contributed by atoms with E-state index in [9.17, 15) is 4.79 Å². The first-order valence-corrected chi connectivity index (χ1v) is 8.48. The third-order valence-electron chi connectivity index (χ3n) is 4.12. The van der Waals surface area contributed by atoms with Crippen LogP contribution >= 0.6 is 11.3 Å². The zero-order valence-corrected chi connectivity index (χ0v) is 14.1. The summed E-state index contributed by atoms with van der Waals surface area (Å²) in [6.07, 6.45) is 0.971. The number of aromatic nitrogens is 1. The molecule has 2 heterocycles. The van der Waals surface area contributed by atoms with E-state index in [4.69, 9.17) is 0 Å². The van der Waals surface area contributed by atoms with Crippen molar-refractivity contribution in [2.45, 2.75) is 33.7 Å². The Morgan fingerprint density at radius 2 is 2.23 bits per heavy atom. The number of likely N-dealkylation sites (N-methyl/N-ethyl adjacent to an activating group) is 1. The second-order valence-corrected chi connectivity index (χ2v) is 6.86. The van der Waals surface area contributed by atoms with Gasteiger partial charge in [0.1, 0.15) is 0 Å². The second-order valence-electron chi connectivity index (χ2n) is 5.78. The molecule has 22 heavy (non-hydrogen) atoms. The lowest BCUT2D eigenvalue weighted by molar-refractivity contribution is 0.102. The molecule has 0 bridgehead atoms. The molecular formula is C17H21N3OS. The van der Waals surface area contributed by atoms with Gasteiger partial charge >= 0.3 is 0 Å². The number of aryl methyl sites for hydroxylation is 2. The van der Waals surface area contributed by atoms with Crippen molar-refractivity contribution < 1.29 is 4.79 Å². The Morgan fingerprint density at radius 3 is 3.00 bits per heavy atom. The maximum Gasteiger partial charge on any atom is 0.257 e. The molecule has 1 N–H and O–H groups in total. The largest absolute Gasteiger partial charge is 0.298 e. The summed E-state index contributed by atoms with van der Waals surface area (Å²) in [5.74, 6) is -0.0698. The number of carbonyl (C=O) groups excluding carboxylic acids is 1. The summed E-state index contributed by atoms with van der Waals surface area (Å²) < 4.78 is 0. The first kappa shape index (κ1) is 15.2. The van der Waals surface area contributed by atoms with Crippen LogP contribution in [0.3, 0.4) is 0 Å². The Bertz CT molecular complexity index is 708. The number of nitrogens with one attached hydrogen (secondary N) is 1. The minimum atomic E-state index is -0.0698. The van der Waals surface area contributed by atoms with Gasteiger partial charge in [-0.1, -0.05) is 24.6 Å². The highest BCUT2D eigenvalue weighted by molar-refractivity contribution is 7.15. The number of amides is 1. The van der Waals surface area contributed by atoms with E-state index in [1.165, 1.54) is 4.88 Å². The molecule has 2 aromatic rings. The first-order valence-electron chi connectivity index (χ1n) is 7.66. The number of anilines is 1. The van der Waals surface area contributed by atoms with Crippen molar-refractivity contribution in [3.63, 3.8) is 0 Å². The van der Waals surface area contributed by atoms with E-state index < -0.39 is 0 Å². The zero-order chi connectivity index (χ0) is 15.7. The van der Waals surface area contributed by atoms with Crippen molar-refractivity contribution in [1.82, 2.24) is 9.88 Å². The smallest absolute Gasteiger partial charge is 0.257 e. The van der Waals surface area contributed by atoms with Crippen LogP contribution in [-0.2, 0) is 13.0 Å². The lowest BCUT2D eigenvalue weighted by atomic mass is 10.1. The molecule has 3 rings (SSSR count). The molecule has 1 amide bonds. The molecule has 0 atom stereocenters. The summed E-state index contributed by atoms with van der Waals surface area (Å²) >= 11 is 1.60. The highest BCUT2D eigenvalue weighted by atomic mass is 32.1. The second kappa shape index (κ2) is 6.18. The predicted molar refractivity (Wildman–Crippen MR) is 90.6 cm³/mol. The van der Waals surface area contributed by atoms with Gasteiger partial charge in [0.2, 0.25) is 0 Å². The van der Waals surface area contributed by atoms with Gasteiger partial charge in [0.25, 0.3) is 5.91 Å². The van der Waals surface area contributed by atoms with Crippen LogP contribution in [0.1, 0.15) is 39.0 Å². The third kappa shape index (κ3) is 3.05. The maximum atomic E-state index is 12.5. The molecule has 116 valence electrons. The van der Waals surface area contributed by atoms with E-state index in [1.807, 2.05) is 32.0 Å². The van der Waals surface area contributed by atoms with Crippen LogP contribution in [-0.4, -0.2) is 28.9 Å². The molecule has 0 unspecified atom stereocenters. The molecule has 0 fully saturated rings. The number of benzene rings is 1. The SMILES string of the molecule is CCN1CCc2nc(NC(=O)c3cc(C)ccc3C)sc2C1. The van der Waals surface area contributed by atoms with Crippen molar-refractivity contribution in [1.29, 1.82) is 0 Å². The van der Waals surface area contributed by atoms with Crippen LogP contribution in [0.5, 0.6) is 0 Å². The molecular weight excluding hydrogens is 294 g/mol. The normalized spacial score (nSPS) is 14.7. The minimum absolute atomic E-state index is 0.0698. The molecule has 5 heteroatoms. The Morgan fingerprint density at radius 1 is 1.41 bits per heavy atom. The summed E-state index contributed by atoms with van der Waals surface area (Å²) in [4.78, 5) is 20.7. The summed E-state index contributed by atoms with van der Waals surface area (Å²) in [5, 5.41) is 3.68. The average Bonchev–Trinajstić information content (AvgIpc) is 2.90. The number of fused-ring (bicyclic) bond motifs is 1. The topological polar surface area (TPSA) is 45.2 Å². The van der Waals surface area contributed by atoms with Crippen molar-refractivity contribution in [3.8, 4) is 0 Å². The van der Waals surface area contributed by atoms with Gasteiger partial charge in [-0.25, -0.2) is 4.98 Å². The highest BCUT2D eigenvalue weighted by Crippen LogP contribution is 2.28. The predicted octanol–water partition coefficient (Wildman–Crippen LogP) is 3.39. The Labute approximate surface area is 135 Å². The highest BCUT2D eigenvalue weighted by Gasteiger charge is 2.20. The molecule has 0 saturated heterocycles. The number of rotatable bonds is 3. The fourth-order valence-corrected chi connectivity index (χ4v) is 3.76. The van der Waals surface area contributed by atoms with Crippen LogP contribution in [0.15, 0.2) is 18.2 Å². The molecule has 0 aliphatic carbocycles. The van der Waals surface area contributed by atoms with Gasteiger partial charge in [-0.3, -0.25) is 15.0 Å².